The van der Waals surface area contributed by atoms with Crippen molar-refractivity contribution in [3.05, 3.63) is 11.6 Å². The largest absolute Gasteiger partial charge is 0.459 e. The van der Waals surface area contributed by atoms with E-state index >= 15 is 0 Å². The summed E-state index contributed by atoms with van der Waals surface area (Å²) in [5.74, 6) is -1.89. The second-order valence-corrected chi connectivity index (χ2v) is 9.21. The van der Waals surface area contributed by atoms with Gasteiger partial charge in [-0.25, -0.2) is 4.79 Å². The highest BCUT2D eigenvalue weighted by Crippen LogP contribution is 2.73. The van der Waals surface area contributed by atoms with Crippen LogP contribution in [0.1, 0.15) is 20.8 Å². The normalized spacial score (nSPS) is 58.9. The van der Waals surface area contributed by atoms with Crippen LogP contribution in [-0.4, -0.2) is 74.9 Å². The van der Waals surface area contributed by atoms with Gasteiger partial charge in [-0.1, -0.05) is 6.92 Å². The summed E-state index contributed by atoms with van der Waals surface area (Å²) in [6, 6.07) is 0. The summed E-state index contributed by atoms with van der Waals surface area (Å²) < 4.78 is 17.0. The average molecular weight is 401 g/mol. The molecule has 8 nitrogen and oxygen atoms in total. The number of aliphatic hydroxyl groups excluding tert-OH is 3. The van der Waals surface area contributed by atoms with Crippen LogP contribution >= 0.6 is 11.6 Å². The number of ether oxygens (including phenoxy) is 3. The molecule has 0 aromatic rings. The molecule has 2 saturated carbocycles. The first-order chi connectivity index (χ1) is 12.5. The van der Waals surface area contributed by atoms with E-state index < -0.39 is 76.3 Å². The van der Waals surface area contributed by atoms with Crippen LogP contribution < -0.4 is 0 Å². The van der Waals surface area contributed by atoms with Crippen molar-refractivity contribution < 1.29 is 39.1 Å². The first-order valence-corrected chi connectivity index (χ1v) is 9.46. The van der Waals surface area contributed by atoms with E-state index in [9.17, 15) is 24.9 Å². The molecule has 0 amide bonds. The number of hydrogen-bond donors (Lipinski definition) is 3. The van der Waals surface area contributed by atoms with Crippen molar-refractivity contribution in [3.8, 4) is 0 Å². The molecule has 2 saturated heterocycles. The number of cyclic esters (lactones) is 1. The van der Waals surface area contributed by atoms with Gasteiger partial charge in [0.25, 0.3) is 0 Å². The molecule has 1 spiro atoms. The number of rotatable bonds is 1. The Hall–Kier alpha value is -1.19. The Balaban J connectivity index is 1.77. The van der Waals surface area contributed by atoms with Gasteiger partial charge < -0.3 is 29.5 Å². The minimum atomic E-state index is -1.42. The van der Waals surface area contributed by atoms with Crippen molar-refractivity contribution in [3.63, 3.8) is 0 Å². The molecule has 3 heterocycles. The zero-order valence-electron chi connectivity index (χ0n) is 15.0. The third-order valence-corrected chi connectivity index (χ3v) is 8.18. The van der Waals surface area contributed by atoms with Crippen LogP contribution in [0, 0.1) is 16.7 Å². The van der Waals surface area contributed by atoms with E-state index in [0.717, 1.165) is 0 Å². The van der Waals surface area contributed by atoms with Crippen molar-refractivity contribution in [2.75, 3.05) is 0 Å². The van der Waals surface area contributed by atoms with Crippen LogP contribution in [0.5, 0.6) is 0 Å². The number of carbonyl (C=O) groups excluding carboxylic acids is 2. The molecule has 11 unspecified atom stereocenters. The number of esters is 2. The predicted molar refractivity (Wildman–Crippen MR) is 88.5 cm³/mol. The number of aliphatic hydroxyl groups is 3. The fraction of sp³-hybridized carbons (Fsp3) is 0.778. The van der Waals surface area contributed by atoms with Gasteiger partial charge in [-0.15, -0.1) is 11.6 Å². The van der Waals surface area contributed by atoms with Gasteiger partial charge in [0, 0.05) is 17.4 Å². The number of hydrogen-bond acceptors (Lipinski definition) is 8. The lowest BCUT2D eigenvalue weighted by atomic mass is 9.45. The Kier molecular flexibility index (Phi) is 3.22. The Morgan fingerprint density at radius 1 is 1.19 bits per heavy atom. The lowest BCUT2D eigenvalue weighted by Crippen LogP contribution is -2.70. The molecule has 0 aromatic carbocycles. The van der Waals surface area contributed by atoms with Gasteiger partial charge in [0.2, 0.25) is 0 Å². The Labute approximate surface area is 160 Å². The van der Waals surface area contributed by atoms with E-state index in [1.54, 1.807) is 13.8 Å². The third-order valence-electron chi connectivity index (χ3n) is 7.47. The van der Waals surface area contributed by atoms with Gasteiger partial charge in [-0.2, -0.15) is 0 Å². The maximum atomic E-state index is 12.8. The molecule has 3 N–H and O–H groups in total. The lowest BCUT2D eigenvalue weighted by Gasteiger charge is -2.58. The van der Waals surface area contributed by atoms with Gasteiger partial charge in [-0.05, 0) is 19.4 Å². The molecule has 0 radical (unpaired) electrons. The van der Waals surface area contributed by atoms with E-state index in [1.807, 2.05) is 0 Å². The topological polar surface area (TPSA) is 126 Å². The SMILES string of the molecule is CC(O)C1OC(=O)C=C2C3(C)C(Cl)C(O)C(O)C4(C)C(=O)OC(C43)C3OC213. The smallest absolute Gasteiger partial charge is 0.331 e. The van der Waals surface area contributed by atoms with E-state index in [4.69, 9.17) is 25.8 Å². The Morgan fingerprint density at radius 2 is 1.85 bits per heavy atom. The zero-order valence-corrected chi connectivity index (χ0v) is 15.7. The van der Waals surface area contributed by atoms with Crippen LogP contribution in [0.4, 0.5) is 0 Å². The van der Waals surface area contributed by atoms with Crippen molar-refractivity contribution in [1.82, 2.24) is 0 Å². The van der Waals surface area contributed by atoms with Crippen LogP contribution in [0.3, 0.4) is 0 Å². The second kappa shape index (κ2) is 4.86. The summed E-state index contributed by atoms with van der Waals surface area (Å²) in [6.07, 6.45) is -4.90. The molecular formula is C18H21ClO8. The van der Waals surface area contributed by atoms with Crippen molar-refractivity contribution in [2.45, 2.75) is 68.4 Å². The minimum absolute atomic E-state index is 0.485. The molecule has 2 aliphatic carbocycles. The molecule has 0 aromatic heterocycles. The highest BCUT2D eigenvalue weighted by molar-refractivity contribution is 6.22. The van der Waals surface area contributed by atoms with Gasteiger partial charge in [0.05, 0.1) is 23.7 Å². The number of alkyl halides is 1. The second-order valence-electron chi connectivity index (χ2n) is 8.74. The summed E-state index contributed by atoms with van der Waals surface area (Å²) >= 11 is 6.63. The summed E-state index contributed by atoms with van der Waals surface area (Å²) in [4.78, 5) is 25.0. The zero-order chi connectivity index (χ0) is 19.7. The molecule has 5 rings (SSSR count). The summed E-state index contributed by atoms with van der Waals surface area (Å²) in [5, 5.41) is 30.6. The van der Waals surface area contributed by atoms with Gasteiger partial charge >= 0.3 is 11.9 Å². The first-order valence-electron chi connectivity index (χ1n) is 9.02. The maximum absolute atomic E-state index is 12.8. The highest BCUT2D eigenvalue weighted by atomic mass is 35.5. The quantitative estimate of drug-likeness (QED) is 0.299. The molecule has 4 fully saturated rings. The summed E-state index contributed by atoms with van der Waals surface area (Å²) in [5.41, 5.74) is -3.16. The highest BCUT2D eigenvalue weighted by Gasteiger charge is 2.86. The van der Waals surface area contributed by atoms with E-state index in [1.165, 1.54) is 13.0 Å². The molecule has 5 aliphatic rings. The first kappa shape index (κ1) is 17.9. The monoisotopic (exact) mass is 400 g/mol. The predicted octanol–water partition coefficient (Wildman–Crippen LogP) is -0.733. The fourth-order valence-corrected chi connectivity index (χ4v) is 6.64. The summed E-state index contributed by atoms with van der Waals surface area (Å²) in [7, 11) is 0. The molecular weight excluding hydrogens is 380 g/mol. The molecule has 27 heavy (non-hydrogen) atoms. The van der Waals surface area contributed by atoms with Crippen LogP contribution in [0.25, 0.3) is 0 Å². The van der Waals surface area contributed by atoms with Crippen LogP contribution in [-0.2, 0) is 23.8 Å². The third kappa shape index (κ3) is 1.67. The van der Waals surface area contributed by atoms with Crippen LogP contribution in [0.15, 0.2) is 11.6 Å². The molecule has 3 aliphatic heterocycles. The van der Waals surface area contributed by atoms with Crippen molar-refractivity contribution >= 4 is 23.5 Å². The minimum Gasteiger partial charge on any atom is -0.459 e. The molecule has 0 bridgehead atoms. The Morgan fingerprint density at radius 3 is 2.48 bits per heavy atom. The van der Waals surface area contributed by atoms with Gasteiger partial charge in [0.1, 0.15) is 17.6 Å². The lowest BCUT2D eigenvalue weighted by molar-refractivity contribution is -0.173. The van der Waals surface area contributed by atoms with Crippen molar-refractivity contribution in [2.24, 2.45) is 16.7 Å². The maximum Gasteiger partial charge on any atom is 0.331 e. The number of fused-ring (bicyclic) bond motifs is 2. The summed E-state index contributed by atoms with van der Waals surface area (Å²) in [6.45, 7) is 4.80. The van der Waals surface area contributed by atoms with E-state index in [-0.39, 0.29) is 0 Å². The number of carbonyl (C=O) groups is 2. The van der Waals surface area contributed by atoms with E-state index in [0.29, 0.717) is 5.57 Å². The molecule has 148 valence electrons. The standard InChI is InChI=1S/C18H21ClO8/c1-5(20)13-18-6(4-7(21)25-13)16(2)10-9(14(18)27-18)26-15(24)17(10,3)12(23)8(22)11(16)19/h4-5,8-14,20,22-23H,1-3H3. The number of halogens is 1. The fourth-order valence-electron chi connectivity index (χ4n) is 6.25. The molecule has 9 heteroatoms. The average Bonchev–Trinajstić information content (AvgIpc) is 3.27. The Bertz CT molecular complexity index is 796. The van der Waals surface area contributed by atoms with Gasteiger partial charge in [-0.3, -0.25) is 4.79 Å². The van der Waals surface area contributed by atoms with Crippen LogP contribution in [0.2, 0.25) is 0 Å². The van der Waals surface area contributed by atoms with E-state index in [2.05, 4.69) is 0 Å². The molecule has 11 atom stereocenters. The van der Waals surface area contributed by atoms with Crippen molar-refractivity contribution in [1.29, 1.82) is 0 Å². The van der Waals surface area contributed by atoms with Gasteiger partial charge in [0.15, 0.2) is 11.7 Å². The number of epoxide rings is 1.